The zero-order chi connectivity index (χ0) is 31.2. The van der Waals surface area contributed by atoms with Crippen LogP contribution in [-0.2, 0) is 36.1 Å². The van der Waals surface area contributed by atoms with Crippen LogP contribution in [-0.4, -0.2) is 72.9 Å². The summed E-state index contributed by atoms with van der Waals surface area (Å²) in [6, 6.07) is 8.16. The molecule has 3 aromatic heterocycles. The Hall–Kier alpha value is -4.05. The van der Waals surface area contributed by atoms with Crippen molar-refractivity contribution in [2.24, 2.45) is 0 Å². The number of hydrogen-bond acceptors (Lipinski definition) is 8. The van der Waals surface area contributed by atoms with Gasteiger partial charge in [0, 0.05) is 38.6 Å². The van der Waals surface area contributed by atoms with E-state index in [1.54, 1.807) is 10.6 Å². The fourth-order valence-corrected chi connectivity index (χ4v) is 6.64. The lowest BCUT2D eigenvalue weighted by molar-refractivity contribution is -0.0496. The van der Waals surface area contributed by atoms with Crippen molar-refractivity contribution in [2.75, 3.05) is 24.5 Å². The summed E-state index contributed by atoms with van der Waals surface area (Å²) in [5.41, 5.74) is -1.07. The largest absolute Gasteiger partial charge is 0.511 e. The van der Waals surface area contributed by atoms with Gasteiger partial charge >= 0.3 is 15.5 Å². The second-order valence-electron chi connectivity index (χ2n) is 11.1. The number of amides is 1. The van der Waals surface area contributed by atoms with Crippen LogP contribution in [0.2, 0.25) is 0 Å². The smallest absolute Gasteiger partial charge is 0.347 e. The van der Waals surface area contributed by atoms with Gasteiger partial charge in [0.25, 0.3) is 5.91 Å². The van der Waals surface area contributed by atoms with E-state index in [0.717, 1.165) is 24.0 Å². The minimum atomic E-state index is -5.42. The zero-order valence-electron chi connectivity index (χ0n) is 24.3. The molecule has 5 heterocycles. The van der Waals surface area contributed by atoms with E-state index in [1.165, 1.54) is 10.2 Å². The Balaban J connectivity index is 1.04. The number of hydrogen-bond donors (Lipinski definition) is 1. The van der Waals surface area contributed by atoms with E-state index in [9.17, 15) is 26.4 Å². The van der Waals surface area contributed by atoms with Gasteiger partial charge in [-0.2, -0.15) is 22.5 Å². The molecular formula is C28H32F3N9O3S. The molecule has 44 heavy (non-hydrogen) atoms. The highest BCUT2D eigenvalue weighted by molar-refractivity contribution is 7.89. The number of carbonyl (C=O) groups excluding carboxylic acids is 1. The normalized spacial score (nSPS) is 16.8. The molecule has 0 aliphatic carbocycles. The summed E-state index contributed by atoms with van der Waals surface area (Å²) in [6.45, 7) is 4.79. The van der Waals surface area contributed by atoms with Crippen LogP contribution in [0.5, 0.6) is 0 Å². The molecular weight excluding hydrogens is 599 g/mol. The number of imidazole rings is 1. The molecule has 12 nitrogen and oxygen atoms in total. The predicted octanol–water partition coefficient (Wildman–Crippen LogP) is 3.17. The zero-order valence-corrected chi connectivity index (χ0v) is 25.1. The van der Waals surface area contributed by atoms with Crippen LogP contribution in [0.3, 0.4) is 0 Å². The van der Waals surface area contributed by atoms with Crippen molar-refractivity contribution in [1.82, 2.24) is 38.8 Å². The summed E-state index contributed by atoms with van der Waals surface area (Å²) in [4.78, 5) is 28.3. The monoisotopic (exact) mass is 631 g/mol. The summed E-state index contributed by atoms with van der Waals surface area (Å²) in [5.74, 6) is 1.20. The highest BCUT2D eigenvalue weighted by atomic mass is 32.2. The summed E-state index contributed by atoms with van der Waals surface area (Å²) in [6.07, 6.45) is 5.86. The molecule has 6 rings (SSSR count). The Kier molecular flexibility index (Phi) is 7.82. The minimum Gasteiger partial charge on any atom is -0.347 e. The highest BCUT2D eigenvalue weighted by Gasteiger charge is 2.51. The quantitative estimate of drug-likeness (QED) is 0.329. The summed E-state index contributed by atoms with van der Waals surface area (Å²) in [5, 5.41) is 7.44. The molecule has 0 atom stereocenters. The molecule has 0 bridgehead atoms. The number of piperidine rings is 1. The highest BCUT2D eigenvalue weighted by Crippen LogP contribution is 2.32. The van der Waals surface area contributed by atoms with E-state index < -0.39 is 22.1 Å². The third kappa shape index (κ3) is 5.63. The standard InChI is InChI=1S/C28H32F3N9O3S/c1-3-22-24(39-16-18(2)14-33-26(39)34-22)25(41)32-15-19-4-6-20(7-5-19)21-8-10-37(11-9-21)27-35-23-17-38(12-13-40(23)36-27)44(42,43)28(29,30)31/h4-7,14,16,21H,3,8-13,15,17H2,1-2H3,(H,32,41). The molecule has 2 aliphatic rings. The Labute approximate surface area is 252 Å². The SMILES string of the molecule is CCc1nc2ncc(C)cn2c1C(=O)NCc1ccc(C2CCN(c3nc4n(n3)CCN(S(=O)(=O)C(F)(F)F)C4)CC2)cc1. The van der Waals surface area contributed by atoms with Gasteiger partial charge in [0.2, 0.25) is 11.7 Å². The number of rotatable bonds is 7. The first-order valence-electron chi connectivity index (χ1n) is 14.4. The Morgan fingerprint density at radius 2 is 1.80 bits per heavy atom. The fourth-order valence-electron chi connectivity index (χ4n) is 5.74. The van der Waals surface area contributed by atoms with Crippen LogP contribution in [0.25, 0.3) is 5.78 Å². The van der Waals surface area contributed by atoms with Gasteiger partial charge in [-0.25, -0.2) is 23.1 Å². The first-order chi connectivity index (χ1) is 20.9. The molecule has 1 fully saturated rings. The van der Waals surface area contributed by atoms with Gasteiger partial charge in [-0.15, -0.1) is 5.10 Å². The van der Waals surface area contributed by atoms with Crippen LogP contribution in [0.4, 0.5) is 19.1 Å². The van der Waals surface area contributed by atoms with Gasteiger partial charge in [0.1, 0.15) is 11.5 Å². The van der Waals surface area contributed by atoms with E-state index in [4.69, 9.17) is 0 Å². The average molecular weight is 632 g/mol. The van der Waals surface area contributed by atoms with Crippen LogP contribution in [0.15, 0.2) is 36.7 Å². The third-order valence-corrected chi connectivity index (χ3v) is 9.74. The van der Waals surface area contributed by atoms with E-state index >= 15 is 0 Å². The second-order valence-corrected chi connectivity index (χ2v) is 13.0. The summed E-state index contributed by atoms with van der Waals surface area (Å²) < 4.78 is 66.2. The lowest BCUT2D eigenvalue weighted by Gasteiger charge is -2.31. The van der Waals surface area contributed by atoms with Crippen molar-refractivity contribution in [3.05, 3.63) is 70.6 Å². The second kappa shape index (κ2) is 11.5. The molecule has 234 valence electrons. The van der Waals surface area contributed by atoms with Crippen LogP contribution >= 0.6 is 0 Å². The van der Waals surface area contributed by atoms with Gasteiger partial charge in [-0.1, -0.05) is 31.2 Å². The number of nitrogens with one attached hydrogen (secondary N) is 1. The number of aromatic nitrogens is 6. The lowest BCUT2D eigenvalue weighted by Crippen LogP contribution is -2.44. The van der Waals surface area contributed by atoms with Crippen molar-refractivity contribution in [1.29, 1.82) is 0 Å². The van der Waals surface area contributed by atoms with Crippen molar-refractivity contribution < 1.29 is 26.4 Å². The van der Waals surface area contributed by atoms with Gasteiger partial charge in [-0.3, -0.25) is 9.20 Å². The minimum absolute atomic E-state index is 0.0105. The predicted molar refractivity (Wildman–Crippen MR) is 154 cm³/mol. The topological polar surface area (TPSA) is 131 Å². The number of halogens is 3. The number of carbonyl (C=O) groups is 1. The Morgan fingerprint density at radius 1 is 1.07 bits per heavy atom. The molecule has 0 spiro atoms. The molecule has 1 N–H and O–H groups in total. The molecule has 1 aromatic carbocycles. The summed E-state index contributed by atoms with van der Waals surface area (Å²) in [7, 11) is -5.42. The fraction of sp³-hybridized carbons (Fsp3) is 0.464. The van der Waals surface area contributed by atoms with Crippen molar-refractivity contribution in [3.8, 4) is 0 Å². The molecule has 4 aromatic rings. The van der Waals surface area contributed by atoms with Crippen molar-refractivity contribution in [3.63, 3.8) is 0 Å². The first-order valence-corrected chi connectivity index (χ1v) is 15.8. The van der Waals surface area contributed by atoms with E-state index in [2.05, 4.69) is 37.5 Å². The van der Waals surface area contributed by atoms with E-state index in [1.807, 2.05) is 37.1 Å². The average Bonchev–Trinajstić information content (AvgIpc) is 3.60. The molecule has 0 unspecified atom stereocenters. The third-order valence-electron chi connectivity index (χ3n) is 8.16. The van der Waals surface area contributed by atoms with E-state index in [0.29, 0.717) is 59.4 Å². The number of benzene rings is 1. The van der Waals surface area contributed by atoms with E-state index in [-0.39, 0.29) is 24.8 Å². The maximum absolute atomic E-state index is 13.1. The lowest BCUT2D eigenvalue weighted by atomic mass is 9.89. The maximum atomic E-state index is 13.1. The number of fused-ring (bicyclic) bond motifs is 2. The van der Waals surface area contributed by atoms with Crippen molar-refractivity contribution in [2.45, 2.75) is 64.2 Å². The molecule has 1 amide bonds. The van der Waals surface area contributed by atoms with Crippen LogP contribution in [0.1, 0.15) is 64.4 Å². The molecule has 16 heteroatoms. The van der Waals surface area contributed by atoms with Gasteiger partial charge in [0.15, 0.2) is 0 Å². The van der Waals surface area contributed by atoms with Gasteiger partial charge in [-0.05, 0) is 48.8 Å². The number of anilines is 1. The van der Waals surface area contributed by atoms with Gasteiger partial charge < -0.3 is 10.2 Å². The van der Waals surface area contributed by atoms with Crippen LogP contribution in [0, 0.1) is 6.92 Å². The number of aryl methyl sites for hydroxylation is 2. The van der Waals surface area contributed by atoms with Gasteiger partial charge in [0.05, 0.1) is 18.8 Å². The van der Waals surface area contributed by atoms with Crippen molar-refractivity contribution >= 4 is 27.7 Å². The Morgan fingerprint density at radius 3 is 2.48 bits per heavy atom. The Bertz CT molecular complexity index is 1790. The molecule has 1 saturated heterocycles. The summed E-state index contributed by atoms with van der Waals surface area (Å²) >= 11 is 0. The number of alkyl halides is 3. The number of sulfonamides is 1. The number of nitrogens with zero attached hydrogens (tertiary/aromatic N) is 8. The molecule has 0 saturated carbocycles. The maximum Gasteiger partial charge on any atom is 0.511 e. The molecule has 0 radical (unpaired) electrons. The first kappa shape index (κ1) is 30.0. The van der Waals surface area contributed by atoms with Crippen LogP contribution < -0.4 is 10.2 Å². The molecule has 2 aliphatic heterocycles.